The Labute approximate surface area is 193 Å². The molecule has 3 rings (SSSR count). The smallest absolute Gasteiger partial charge is 0.247 e. The van der Waals surface area contributed by atoms with Crippen molar-refractivity contribution >= 4 is 51.8 Å². The number of nitrogens with zero attached hydrogens (tertiary/aromatic N) is 3. The van der Waals surface area contributed by atoms with Crippen LogP contribution in [-0.2, 0) is 11.2 Å². The molecule has 0 saturated carbocycles. The summed E-state index contributed by atoms with van der Waals surface area (Å²) >= 11 is 13.7. The molecule has 1 heterocycles. The minimum Gasteiger partial charge on any atom is -0.490 e. The van der Waals surface area contributed by atoms with Gasteiger partial charge in [0.15, 0.2) is 5.75 Å². The normalized spacial score (nSPS) is 10.9. The monoisotopic (exact) mass is 479 g/mol. The van der Waals surface area contributed by atoms with E-state index in [1.54, 1.807) is 12.1 Å². The molecule has 0 atom stereocenters. The number of nitrogen functional groups attached to an aromatic ring is 1. The van der Waals surface area contributed by atoms with Crippen LogP contribution in [0.5, 0.6) is 11.5 Å². The van der Waals surface area contributed by atoms with Crippen LogP contribution in [0.1, 0.15) is 16.1 Å². The number of anilines is 1. The third-order valence-corrected chi connectivity index (χ3v) is 5.21. The van der Waals surface area contributed by atoms with Gasteiger partial charge in [-0.05, 0) is 36.2 Å². The van der Waals surface area contributed by atoms with E-state index < -0.39 is 0 Å². The van der Waals surface area contributed by atoms with E-state index in [2.05, 4.69) is 20.7 Å². The molecule has 162 valence electrons. The van der Waals surface area contributed by atoms with E-state index in [1.165, 1.54) is 6.21 Å². The molecule has 0 aliphatic rings. The molecule has 1 aromatic heterocycles. The van der Waals surface area contributed by atoms with E-state index in [4.69, 9.17) is 38.4 Å². The Hall–Kier alpha value is -2.88. The Balaban J connectivity index is 1.50. The largest absolute Gasteiger partial charge is 0.490 e. The summed E-state index contributed by atoms with van der Waals surface area (Å²) < 4.78 is 11.4. The molecule has 0 fully saturated rings. The zero-order valence-corrected chi connectivity index (χ0v) is 18.8. The van der Waals surface area contributed by atoms with Crippen molar-refractivity contribution < 1.29 is 14.3 Å². The molecule has 0 aliphatic carbocycles. The van der Waals surface area contributed by atoms with E-state index >= 15 is 0 Å². The highest BCUT2D eigenvalue weighted by Gasteiger charge is 2.10. The molecule has 8 nitrogen and oxygen atoms in total. The molecule has 0 saturated heterocycles. The van der Waals surface area contributed by atoms with Crippen molar-refractivity contribution in [1.29, 1.82) is 0 Å². The number of aromatic nitrogens is 2. The van der Waals surface area contributed by atoms with Crippen LogP contribution < -0.4 is 20.6 Å². The molecule has 3 N–H and O–H groups in total. The third kappa shape index (κ3) is 6.81. The molecule has 11 heteroatoms. The first-order chi connectivity index (χ1) is 14.9. The summed E-state index contributed by atoms with van der Waals surface area (Å²) in [6, 6.07) is 11.0. The molecule has 0 aliphatic heterocycles. The lowest BCUT2D eigenvalue weighted by Crippen LogP contribution is -2.19. The van der Waals surface area contributed by atoms with Crippen LogP contribution in [0.4, 0.5) is 5.13 Å². The summed E-state index contributed by atoms with van der Waals surface area (Å²) in [6.45, 7) is 2.58. The fourth-order valence-corrected chi connectivity index (χ4v) is 3.72. The lowest BCUT2D eigenvalue weighted by Gasteiger charge is -2.12. The number of nitrogens with one attached hydrogen (secondary N) is 1. The molecule has 2 aromatic carbocycles. The van der Waals surface area contributed by atoms with Crippen LogP contribution in [0.25, 0.3) is 0 Å². The lowest BCUT2D eigenvalue weighted by molar-refractivity contribution is -0.120. The number of nitrogens with two attached hydrogens (primary N) is 1. The van der Waals surface area contributed by atoms with Crippen molar-refractivity contribution in [1.82, 2.24) is 15.6 Å². The quantitative estimate of drug-likeness (QED) is 0.273. The molecule has 0 radical (unpaired) electrons. The number of benzene rings is 2. The first-order valence-corrected chi connectivity index (χ1v) is 10.7. The van der Waals surface area contributed by atoms with Gasteiger partial charge in [0.1, 0.15) is 24.0 Å². The maximum absolute atomic E-state index is 11.9. The molecule has 1 amide bonds. The second-order valence-corrected chi connectivity index (χ2v) is 8.19. The predicted molar refractivity (Wildman–Crippen MR) is 122 cm³/mol. The number of halogens is 2. The van der Waals surface area contributed by atoms with Gasteiger partial charge in [0.2, 0.25) is 11.0 Å². The number of ether oxygens (including phenoxy) is 2. The topological polar surface area (TPSA) is 112 Å². The minimum absolute atomic E-state index is 0.0328. The highest BCUT2D eigenvalue weighted by Crippen LogP contribution is 2.33. The van der Waals surface area contributed by atoms with E-state index in [-0.39, 0.29) is 18.9 Å². The number of carbonyl (C=O) groups is 1. The molecule has 0 spiro atoms. The van der Waals surface area contributed by atoms with Crippen LogP contribution in [0.2, 0.25) is 10.0 Å². The van der Waals surface area contributed by atoms with Gasteiger partial charge in [-0.1, -0.05) is 52.7 Å². The Morgan fingerprint density at radius 1 is 1.19 bits per heavy atom. The third-order valence-electron chi connectivity index (χ3n) is 3.90. The Kier molecular flexibility index (Phi) is 8.05. The van der Waals surface area contributed by atoms with Gasteiger partial charge in [0.05, 0.1) is 22.7 Å². The number of hydrogen-bond donors (Lipinski definition) is 2. The number of para-hydroxylation sites is 1. The number of hydrogen-bond acceptors (Lipinski definition) is 8. The van der Waals surface area contributed by atoms with E-state index in [0.29, 0.717) is 38.1 Å². The van der Waals surface area contributed by atoms with Crippen LogP contribution in [0.3, 0.4) is 0 Å². The van der Waals surface area contributed by atoms with Gasteiger partial charge in [-0.2, -0.15) is 5.10 Å². The van der Waals surface area contributed by atoms with Gasteiger partial charge in [0.25, 0.3) is 0 Å². The Morgan fingerprint density at radius 2 is 1.90 bits per heavy atom. The average molecular weight is 480 g/mol. The predicted octanol–water partition coefficient (Wildman–Crippen LogP) is 3.89. The number of aryl methyl sites for hydroxylation is 1. The summed E-state index contributed by atoms with van der Waals surface area (Å²) in [5.41, 5.74) is 9.52. The van der Waals surface area contributed by atoms with E-state index in [1.807, 2.05) is 31.2 Å². The first-order valence-electron chi connectivity index (χ1n) is 9.12. The molecule has 31 heavy (non-hydrogen) atoms. The van der Waals surface area contributed by atoms with Crippen molar-refractivity contribution in [2.45, 2.75) is 13.3 Å². The number of amides is 1. The summed E-state index contributed by atoms with van der Waals surface area (Å²) in [6.07, 6.45) is 1.46. The standard InChI is InChI=1S/C20H19Cl2N5O3S/c1-12-4-2-3-5-16(12)29-6-7-30-19-14(21)8-13(9-15(19)22)11-24-25-17(28)10-18-26-27-20(23)31-18/h2-5,8-9,11H,6-7,10H2,1H3,(H2,23,27)(H,25,28). The fourth-order valence-electron chi connectivity index (χ4n) is 2.50. The average Bonchev–Trinajstić information content (AvgIpc) is 3.12. The number of hydrazone groups is 1. The van der Waals surface area contributed by atoms with Crippen LogP contribution in [0, 0.1) is 6.92 Å². The zero-order valence-electron chi connectivity index (χ0n) is 16.5. The maximum Gasteiger partial charge on any atom is 0.247 e. The second kappa shape index (κ2) is 10.9. The van der Waals surface area contributed by atoms with Crippen molar-refractivity contribution in [2.24, 2.45) is 5.10 Å². The number of rotatable bonds is 9. The van der Waals surface area contributed by atoms with Gasteiger partial charge >= 0.3 is 0 Å². The van der Waals surface area contributed by atoms with E-state index in [9.17, 15) is 4.79 Å². The van der Waals surface area contributed by atoms with Gasteiger partial charge in [-0.15, -0.1) is 10.2 Å². The van der Waals surface area contributed by atoms with Gasteiger partial charge in [-0.3, -0.25) is 4.79 Å². The molecule has 0 bridgehead atoms. The van der Waals surface area contributed by atoms with Gasteiger partial charge in [-0.25, -0.2) is 5.43 Å². The summed E-state index contributed by atoms with van der Waals surface area (Å²) in [5.74, 6) is 0.802. The molecule has 3 aromatic rings. The van der Waals surface area contributed by atoms with Crippen molar-refractivity contribution in [3.8, 4) is 11.5 Å². The van der Waals surface area contributed by atoms with Crippen molar-refractivity contribution in [2.75, 3.05) is 18.9 Å². The summed E-state index contributed by atoms with van der Waals surface area (Å²) in [4.78, 5) is 11.9. The van der Waals surface area contributed by atoms with Crippen LogP contribution >= 0.6 is 34.5 Å². The number of carbonyl (C=O) groups excluding carboxylic acids is 1. The van der Waals surface area contributed by atoms with Crippen molar-refractivity contribution in [3.63, 3.8) is 0 Å². The molecular formula is C20H19Cl2N5O3S. The second-order valence-electron chi connectivity index (χ2n) is 6.28. The maximum atomic E-state index is 11.9. The fraction of sp³-hybridized carbons (Fsp3) is 0.200. The Bertz CT molecular complexity index is 1070. The SMILES string of the molecule is Cc1ccccc1OCCOc1c(Cl)cc(C=NNC(=O)Cc2nnc(N)s2)cc1Cl. The molecular weight excluding hydrogens is 461 g/mol. The summed E-state index contributed by atoms with van der Waals surface area (Å²) in [5, 5.41) is 12.8. The van der Waals surface area contributed by atoms with Gasteiger partial charge < -0.3 is 15.2 Å². The highest BCUT2D eigenvalue weighted by atomic mass is 35.5. The molecule has 0 unspecified atom stereocenters. The minimum atomic E-state index is -0.349. The lowest BCUT2D eigenvalue weighted by atomic mass is 10.2. The highest BCUT2D eigenvalue weighted by molar-refractivity contribution is 7.15. The van der Waals surface area contributed by atoms with Crippen molar-refractivity contribution in [3.05, 3.63) is 62.6 Å². The summed E-state index contributed by atoms with van der Waals surface area (Å²) in [7, 11) is 0. The van der Waals surface area contributed by atoms with Gasteiger partial charge in [0, 0.05) is 0 Å². The first kappa shape index (κ1) is 22.8. The van der Waals surface area contributed by atoms with E-state index in [0.717, 1.165) is 22.6 Å². The van der Waals surface area contributed by atoms with Crippen LogP contribution in [0.15, 0.2) is 41.5 Å². The zero-order chi connectivity index (χ0) is 22.2. The van der Waals surface area contributed by atoms with Crippen LogP contribution in [-0.4, -0.2) is 35.5 Å². The Morgan fingerprint density at radius 3 is 2.58 bits per heavy atom.